The van der Waals surface area contributed by atoms with Crippen LogP contribution < -0.4 is 0 Å². The summed E-state index contributed by atoms with van der Waals surface area (Å²) in [7, 11) is -3.06. The highest BCUT2D eigenvalue weighted by Gasteiger charge is 2.39. The topological polar surface area (TPSA) is 107 Å². The molecule has 2 aromatic rings. The van der Waals surface area contributed by atoms with E-state index in [4.69, 9.17) is 0 Å². The number of fused-ring (bicyclic) bond motifs is 1. The number of para-hydroxylation sites is 1. The zero-order valence-electron chi connectivity index (χ0n) is 19.5. The molecule has 0 radical (unpaired) electrons. The molecule has 0 spiro atoms. The quantitative estimate of drug-likeness (QED) is 0.688. The lowest BCUT2D eigenvalue weighted by atomic mass is 9.92. The lowest BCUT2D eigenvalue weighted by Gasteiger charge is -2.40. The molecule has 1 aliphatic carbocycles. The number of carbonyl (C=O) groups is 2. The summed E-state index contributed by atoms with van der Waals surface area (Å²) in [4.78, 5) is 32.3. The molecule has 5 rings (SSSR count). The third-order valence-electron chi connectivity index (χ3n) is 7.55. The van der Waals surface area contributed by atoms with Gasteiger partial charge in [0.2, 0.25) is 5.91 Å². The van der Waals surface area contributed by atoms with Gasteiger partial charge in [0.05, 0.1) is 23.6 Å². The van der Waals surface area contributed by atoms with Crippen LogP contribution in [0.3, 0.4) is 0 Å². The van der Waals surface area contributed by atoms with Crippen LogP contribution in [-0.4, -0.2) is 101 Å². The van der Waals surface area contributed by atoms with Crippen LogP contribution in [0.1, 0.15) is 49.0 Å². The summed E-state index contributed by atoms with van der Waals surface area (Å²) in [5.74, 6) is 0.210. The summed E-state index contributed by atoms with van der Waals surface area (Å²) in [5, 5.41) is 7.97. The molecule has 1 unspecified atom stereocenters. The smallest absolute Gasteiger partial charge is 0.275 e. The molecule has 1 aromatic heterocycles. The van der Waals surface area contributed by atoms with Crippen LogP contribution in [0.2, 0.25) is 0 Å². The van der Waals surface area contributed by atoms with E-state index in [0.29, 0.717) is 38.3 Å². The summed E-state index contributed by atoms with van der Waals surface area (Å²) >= 11 is 0. The van der Waals surface area contributed by atoms with E-state index in [-0.39, 0.29) is 41.9 Å². The lowest BCUT2D eigenvalue weighted by Crippen LogP contribution is -2.55. The van der Waals surface area contributed by atoms with Gasteiger partial charge in [-0.2, -0.15) is 5.10 Å². The molecule has 10 heteroatoms. The molecule has 1 saturated carbocycles. The maximum atomic E-state index is 13.5. The van der Waals surface area contributed by atoms with Gasteiger partial charge < -0.3 is 9.80 Å². The Hall–Kier alpha value is -2.46. The number of carbonyl (C=O) groups excluding carboxylic acids is 2. The fourth-order valence-electron chi connectivity index (χ4n) is 5.72. The van der Waals surface area contributed by atoms with Crippen molar-refractivity contribution < 1.29 is 18.0 Å². The first-order valence-electron chi connectivity index (χ1n) is 12.4. The Balaban J connectivity index is 1.21. The number of H-pyrrole nitrogens is 1. The number of aromatic nitrogens is 2. The lowest BCUT2D eigenvalue weighted by molar-refractivity contribution is -0.138. The van der Waals surface area contributed by atoms with Crippen molar-refractivity contribution in [1.29, 1.82) is 0 Å². The largest absolute Gasteiger partial charge is 0.335 e. The van der Waals surface area contributed by atoms with Gasteiger partial charge >= 0.3 is 0 Å². The Morgan fingerprint density at radius 3 is 2.44 bits per heavy atom. The van der Waals surface area contributed by atoms with Crippen molar-refractivity contribution in [2.75, 3.05) is 44.2 Å². The Morgan fingerprint density at radius 1 is 1.00 bits per heavy atom. The van der Waals surface area contributed by atoms with Crippen LogP contribution in [0.15, 0.2) is 24.3 Å². The second-order valence-electron chi connectivity index (χ2n) is 9.84. The molecule has 2 aliphatic heterocycles. The van der Waals surface area contributed by atoms with E-state index < -0.39 is 9.84 Å². The first-order valence-corrected chi connectivity index (χ1v) is 14.2. The normalized spacial score (nSPS) is 23.9. The third kappa shape index (κ3) is 4.84. The monoisotopic (exact) mass is 487 g/mol. The zero-order chi connectivity index (χ0) is 23.7. The van der Waals surface area contributed by atoms with Crippen LogP contribution in [-0.2, 0) is 14.6 Å². The van der Waals surface area contributed by atoms with Crippen molar-refractivity contribution >= 4 is 32.6 Å². The number of nitrogens with one attached hydrogen (secondary N) is 1. The molecule has 1 atom stereocenters. The molecular weight excluding hydrogens is 454 g/mol. The summed E-state index contributed by atoms with van der Waals surface area (Å²) in [6.45, 7) is 2.58. The van der Waals surface area contributed by atoms with Crippen molar-refractivity contribution in [1.82, 2.24) is 24.9 Å². The van der Waals surface area contributed by atoms with Gasteiger partial charge in [-0.05, 0) is 25.3 Å². The van der Waals surface area contributed by atoms with E-state index in [0.717, 1.165) is 36.6 Å². The predicted octanol–water partition coefficient (Wildman–Crippen LogP) is 1.67. The number of piperazine rings is 1. The summed E-state index contributed by atoms with van der Waals surface area (Å²) in [6, 6.07) is 7.54. The van der Waals surface area contributed by atoms with E-state index in [2.05, 4.69) is 15.1 Å². The van der Waals surface area contributed by atoms with Crippen molar-refractivity contribution in [3.63, 3.8) is 0 Å². The van der Waals surface area contributed by atoms with E-state index in [9.17, 15) is 18.0 Å². The number of aromatic amines is 1. The zero-order valence-corrected chi connectivity index (χ0v) is 20.3. The number of benzene rings is 1. The summed E-state index contributed by atoms with van der Waals surface area (Å²) in [6.07, 6.45) is 5.84. The Morgan fingerprint density at radius 2 is 1.74 bits per heavy atom. The van der Waals surface area contributed by atoms with Gasteiger partial charge in [-0.15, -0.1) is 0 Å². The molecule has 3 heterocycles. The summed E-state index contributed by atoms with van der Waals surface area (Å²) in [5.41, 5.74) is 1.28. The van der Waals surface area contributed by atoms with Crippen molar-refractivity contribution in [3.8, 4) is 0 Å². The molecule has 0 bridgehead atoms. The van der Waals surface area contributed by atoms with Gasteiger partial charge in [0.1, 0.15) is 0 Å². The molecule has 1 aromatic carbocycles. The second kappa shape index (κ2) is 9.65. The van der Waals surface area contributed by atoms with Gasteiger partial charge in [0, 0.05) is 43.6 Å². The van der Waals surface area contributed by atoms with Crippen LogP contribution in [0, 0.1) is 0 Å². The van der Waals surface area contributed by atoms with Crippen LogP contribution in [0.25, 0.3) is 10.9 Å². The third-order valence-corrected chi connectivity index (χ3v) is 9.30. The highest BCUT2D eigenvalue weighted by atomic mass is 32.2. The van der Waals surface area contributed by atoms with Crippen molar-refractivity contribution in [2.45, 2.75) is 50.6 Å². The van der Waals surface area contributed by atoms with Gasteiger partial charge in [0.25, 0.3) is 5.91 Å². The van der Waals surface area contributed by atoms with E-state index in [1.165, 1.54) is 6.42 Å². The number of nitrogens with zero attached hydrogens (tertiary/aromatic N) is 4. The number of hydrogen-bond acceptors (Lipinski definition) is 6. The first kappa shape index (κ1) is 23.3. The van der Waals surface area contributed by atoms with Gasteiger partial charge in [-0.25, -0.2) is 8.42 Å². The molecule has 2 amide bonds. The molecule has 3 aliphatic rings. The fraction of sp³-hybridized carbons (Fsp3) is 0.625. The Labute approximate surface area is 200 Å². The summed E-state index contributed by atoms with van der Waals surface area (Å²) < 4.78 is 24.3. The SMILES string of the molecule is O=C(c1n[nH]c2ccccc12)N1CCN(CC(=O)N(C2CCCCC2)C2CCS(=O)(=O)C2)CC1. The molecule has 184 valence electrons. The number of sulfone groups is 1. The average molecular weight is 488 g/mol. The maximum absolute atomic E-state index is 13.5. The number of rotatable bonds is 5. The molecule has 1 N–H and O–H groups in total. The first-order chi connectivity index (χ1) is 16.4. The van der Waals surface area contributed by atoms with Crippen LogP contribution >= 0.6 is 0 Å². The standard InChI is InChI=1S/C24H33N5O4S/c30-22(29(18-6-2-1-3-7-18)19-10-15-34(32,33)17-19)16-27-11-13-28(14-12-27)24(31)23-20-8-4-5-9-21(20)25-26-23/h4-5,8-9,18-19H,1-3,6-7,10-17H2,(H,25,26). The fourth-order valence-corrected chi connectivity index (χ4v) is 7.43. The maximum Gasteiger partial charge on any atom is 0.275 e. The molecule has 34 heavy (non-hydrogen) atoms. The predicted molar refractivity (Wildman–Crippen MR) is 129 cm³/mol. The molecule has 2 saturated heterocycles. The number of hydrogen-bond donors (Lipinski definition) is 1. The van der Waals surface area contributed by atoms with Gasteiger partial charge in [0.15, 0.2) is 15.5 Å². The minimum Gasteiger partial charge on any atom is -0.335 e. The van der Waals surface area contributed by atoms with Crippen molar-refractivity contribution in [2.24, 2.45) is 0 Å². The Bertz CT molecular complexity index is 1150. The second-order valence-corrected chi connectivity index (χ2v) is 12.1. The molecule has 9 nitrogen and oxygen atoms in total. The van der Waals surface area contributed by atoms with E-state index in [1.807, 2.05) is 29.2 Å². The average Bonchev–Trinajstić information content (AvgIpc) is 3.43. The minimum atomic E-state index is -3.06. The highest BCUT2D eigenvalue weighted by molar-refractivity contribution is 7.91. The highest BCUT2D eigenvalue weighted by Crippen LogP contribution is 2.28. The van der Waals surface area contributed by atoms with Crippen LogP contribution in [0.5, 0.6) is 0 Å². The Kier molecular flexibility index (Phi) is 6.61. The molecule has 3 fully saturated rings. The van der Waals surface area contributed by atoms with Crippen LogP contribution in [0.4, 0.5) is 0 Å². The number of amides is 2. The van der Waals surface area contributed by atoms with Gasteiger partial charge in [-0.3, -0.25) is 19.6 Å². The van der Waals surface area contributed by atoms with E-state index in [1.54, 1.807) is 4.90 Å². The van der Waals surface area contributed by atoms with E-state index >= 15 is 0 Å². The molecular formula is C24H33N5O4S. The van der Waals surface area contributed by atoms with Crippen molar-refractivity contribution in [3.05, 3.63) is 30.0 Å². The minimum absolute atomic E-state index is 0.0343. The van der Waals surface area contributed by atoms with Gasteiger partial charge in [-0.1, -0.05) is 37.5 Å².